The number of aryl methyl sites for hydroxylation is 2. The molecular formula is C26H31NO2. The quantitative estimate of drug-likeness (QED) is 0.567. The molecular weight excluding hydrogens is 358 g/mol. The molecule has 0 bridgehead atoms. The van der Waals surface area contributed by atoms with Gasteiger partial charge in [0, 0.05) is 6.20 Å². The first kappa shape index (κ1) is 21.1. The summed E-state index contributed by atoms with van der Waals surface area (Å²) in [7, 11) is 0. The first-order chi connectivity index (χ1) is 14.0. The maximum absolute atomic E-state index is 10.1. The molecule has 0 fully saturated rings. The summed E-state index contributed by atoms with van der Waals surface area (Å²) in [5.74, 6) is 0.366. The molecule has 0 saturated heterocycles. The van der Waals surface area contributed by atoms with Crippen LogP contribution in [0.5, 0.6) is 5.75 Å². The summed E-state index contributed by atoms with van der Waals surface area (Å²) in [5, 5.41) is 10.1. The molecule has 29 heavy (non-hydrogen) atoms. The monoisotopic (exact) mass is 389 g/mol. The van der Waals surface area contributed by atoms with Crippen LogP contribution in [-0.2, 0) is 4.74 Å². The second kappa shape index (κ2) is 9.71. The van der Waals surface area contributed by atoms with Crippen LogP contribution < -0.4 is 0 Å². The molecule has 0 spiro atoms. The van der Waals surface area contributed by atoms with Crippen LogP contribution in [0.25, 0.3) is 11.6 Å². The molecule has 0 amide bonds. The number of ether oxygens (including phenoxy) is 1. The zero-order chi connectivity index (χ0) is 20.8. The Kier molecular flexibility index (Phi) is 7.05. The van der Waals surface area contributed by atoms with Gasteiger partial charge in [-0.1, -0.05) is 32.1 Å². The van der Waals surface area contributed by atoms with E-state index in [0.29, 0.717) is 12.4 Å². The Morgan fingerprint density at radius 2 is 2.00 bits per heavy atom. The summed E-state index contributed by atoms with van der Waals surface area (Å²) in [6.45, 7) is 11.0. The first-order valence-electron chi connectivity index (χ1n) is 10.4. The van der Waals surface area contributed by atoms with Gasteiger partial charge < -0.3 is 9.84 Å². The van der Waals surface area contributed by atoms with Crippen LogP contribution in [0.15, 0.2) is 60.3 Å². The number of phenols is 1. The summed E-state index contributed by atoms with van der Waals surface area (Å²) in [6.07, 6.45) is 10.2. The highest BCUT2D eigenvalue weighted by Gasteiger charge is 2.22. The van der Waals surface area contributed by atoms with Gasteiger partial charge in [-0.3, -0.25) is 4.98 Å². The Balaban J connectivity index is 1.84. The van der Waals surface area contributed by atoms with Crippen molar-refractivity contribution in [1.82, 2.24) is 4.98 Å². The van der Waals surface area contributed by atoms with Crippen LogP contribution in [0, 0.1) is 13.8 Å². The third-order valence-electron chi connectivity index (χ3n) is 5.43. The predicted octanol–water partition coefficient (Wildman–Crippen LogP) is 6.41. The van der Waals surface area contributed by atoms with E-state index >= 15 is 0 Å². The molecule has 0 radical (unpaired) electrons. The van der Waals surface area contributed by atoms with E-state index in [0.717, 1.165) is 48.1 Å². The van der Waals surface area contributed by atoms with Gasteiger partial charge in [-0.15, -0.1) is 0 Å². The van der Waals surface area contributed by atoms with Gasteiger partial charge in [-0.2, -0.15) is 0 Å². The van der Waals surface area contributed by atoms with Crippen molar-refractivity contribution in [2.24, 2.45) is 0 Å². The van der Waals surface area contributed by atoms with E-state index in [1.54, 1.807) is 0 Å². The molecule has 1 aromatic carbocycles. The number of nitrogens with zero attached hydrogens (tertiary/aromatic N) is 1. The fourth-order valence-electron chi connectivity index (χ4n) is 3.92. The molecule has 1 aliphatic heterocycles. The summed E-state index contributed by atoms with van der Waals surface area (Å²) in [6, 6.07) is 10.0. The molecule has 152 valence electrons. The predicted molar refractivity (Wildman–Crippen MR) is 121 cm³/mol. The fraction of sp³-hybridized carbons (Fsp3) is 0.346. The fourth-order valence-corrected chi connectivity index (χ4v) is 3.92. The Morgan fingerprint density at radius 1 is 1.24 bits per heavy atom. The molecule has 2 heterocycles. The van der Waals surface area contributed by atoms with E-state index < -0.39 is 0 Å². The van der Waals surface area contributed by atoms with Gasteiger partial charge in [0.2, 0.25) is 0 Å². The molecule has 1 aromatic heterocycles. The maximum Gasteiger partial charge on any atom is 0.121 e. The van der Waals surface area contributed by atoms with Crippen molar-refractivity contribution < 1.29 is 9.84 Å². The lowest BCUT2D eigenvalue weighted by molar-refractivity contribution is 0.117. The molecule has 1 aliphatic rings. The normalized spacial score (nSPS) is 16.7. The SMILES string of the molecule is C=C(CCC)C1=CCOC1CC/C(=C/c1cc(C)c(O)c(C)c1)c1ccccn1. The van der Waals surface area contributed by atoms with Gasteiger partial charge in [-0.05, 0) is 96.9 Å². The van der Waals surface area contributed by atoms with Crippen molar-refractivity contribution in [2.45, 2.75) is 52.6 Å². The van der Waals surface area contributed by atoms with Crippen molar-refractivity contribution in [3.05, 3.63) is 82.7 Å². The lowest BCUT2D eigenvalue weighted by Crippen LogP contribution is -2.12. The molecule has 2 aromatic rings. The number of hydrogen-bond acceptors (Lipinski definition) is 3. The number of rotatable bonds is 8. The minimum Gasteiger partial charge on any atom is -0.507 e. The minimum absolute atomic E-state index is 0.101. The summed E-state index contributed by atoms with van der Waals surface area (Å²) in [4.78, 5) is 4.58. The van der Waals surface area contributed by atoms with Gasteiger partial charge in [0.1, 0.15) is 5.75 Å². The lowest BCUT2D eigenvalue weighted by Gasteiger charge is -2.18. The van der Waals surface area contributed by atoms with Gasteiger partial charge in [-0.25, -0.2) is 0 Å². The second-order valence-corrected chi connectivity index (χ2v) is 7.76. The summed E-state index contributed by atoms with van der Waals surface area (Å²) >= 11 is 0. The number of benzene rings is 1. The van der Waals surface area contributed by atoms with E-state index in [-0.39, 0.29) is 6.10 Å². The van der Waals surface area contributed by atoms with Crippen LogP contribution in [0.2, 0.25) is 0 Å². The third-order valence-corrected chi connectivity index (χ3v) is 5.43. The van der Waals surface area contributed by atoms with Crippen LogP contribution in [0.4, 0.5) is 0 Å². The molecule has 0 aliphatic carbocycles. The van der Waals surface area contributed by atoms with Gasteiger partial charge >= 0.3 is 0 Å². The standard InChI is InChI=1S/C26H31NO2/c1-5-8-18(2)23-12-14-29-25(23)11-10-22(24-9-6-7-13-27-24)17-21-15-19(3)26(28)20(4)16-21/h6-7,9,12-13,15-17,25,28H,2,5,8,10-11,14H2,1,3-4H3/b22-17-. The van der Waals surface area contributed by atoms with Crippen LogP contribution in [-0.4, -0.2) is 22.8 Å². The average molecular weight is 390 g/mol. The van der Waals surface area contributed by atoms with E-state index in [9.17, 15) is 5.11 Å². The average Bonchev–Trinajstić information content (AvgIpc) is 3.19. The molecule has 3 rings (SSSR count). The number of allylic oxidation sites excluding steroid dienone is 1. The molecule has 3 nitrogen and oxygen atoms in total. The molecule has 1 atom stereocenters. The molecule has 1 unspecified atom stereocenters. The number of aromatic hydroxyl groups is 1. The zero-order valence-corrected chi connectivity index (χ0v) is 17.7. The topological polar surface area (TPSA) is 42.4 Å². The van der Waals surface area contributed by atoms with E-state index in [1.807, 2.05) is 50.4 Å². The number of pyridine rings is 1. The molecule has 0 saturated carbocycles. The third kappa shape index (κ3) is 5.24. The maximum atomic E-state index is 10.1. The van der Waals surface area contributed by atoms with Gasteiger partial charge in [0.05, 0.1) is 18.4 Å². The van der Waals surface area contributed by atoms with Crippen molar-refractivity contribution >= 4 is 11.6 Å². The summed E-state index contributed by atoms with van der Waals surface area (Å²) in [5.41, 5.74) is 7.47. The smallest absolute Gasteiger partial charge is 0.121 e. The van der Waals surface area contributed by atoms with Gasteiger partial charge in [0.25, 0.3) is 0 Å². The van der Waals surface area contributed by atoms with Crippen LogP contribution in [0.3, 0.4) is 0 Å². The van der Waals surface area contributed by atoms with Gasteiger partial charge in [0.15, 0.2) is 0 Å². The van der Waals surface area contributed by atoms with E-state index in [1.165, 1.54) is 16.7 Å². The Bertz CT molecular complexity index is 902. The Labute approximate surface area is 174 Å². The molecule has 3 heteroatoms. The Morgan fingerprint density at radius 3 is 2.66 bits per heavy atom. The zero-order valence-electron chi connectivity index (χ0n) is 17.7. The second-order valence-electron chi connectivity index (χ2n) is 7.76. The van der Waals surface area contributed by atoms with Crippen LogP contribution in [0.1, 0.15) is 55.0 Å². The number of hydrogen-bond donors (Lipinski definition) is 1. The first-order valence-corrected chi connectivity index (χ1v) is 10.4. The van der Waals surface area contributed by atoms with Crippen molar-refractivity contribution in [2.75, 3.05) is 6.61 Å². The summed E-state index contributed by atoms with van der Waals surface area (Å²) < 4.78 is 5.99. The Hall–Kier alpha value is -2.65. The lowest BCUT2D eigenvalue weighted by atomic mass is 9.93. The number of phenolic OH excluding ortho intramolecular Hbond substituents is 1. The van der Waals surface area contributed by atoms with Crippen molar-refractivity contribution in [3.63, 3.8) is 0 Å². The minimum atomic E-state index is 0.101. The van der Waals surface area contributed by atoms with Crippen molar-refractivity contribution in [1.29, 1.82) is 0 Å². The van der Waals surface area contributed by atoms with Crippen LogP contribution >= 0.6 is 0 Å². The highest BCUT2D eigenvalue weighted by molar-refractivity contribution is 5.80. The highest BCUT2D eigenvalue weighted by Crippen LogP contribution is 2.32. The van der Waals surface area contributed by atoms with E-state index in [4.69, 9.17) is 4.74 Å². The molecule has 1 N–H and O–H groups in total. The van der Waals surface area contributed by atoms with E-state index in [2.05, 4.69) is 30.6 Å². The van der Waals surface area contributed by atoms with Crippen molar-refractivity contribution in [3.8, 4) is 5.75 Å². The highest BCUT2D eigenvalue weighted by atomic mass is 16.5. The number of aromatic nitrogens is 1. The largest absolute Gasteiger partial charge is 0.507 e.